The third-order valence-electron chi connectivity index (χ3n) is 2.55. The minimum Gasteiger partial charge on any atom is -0.450 e. The highest BCUT2D eigenvalue weighted by atomic mass is 16.6. The van der Waals surface area contributed by atoms with Crippen LogP contribution in [0.2, 0.25) is 0 Å². The number of ether oxygens (including phenoxy) is 1. The van der Waals surface area contributed by atoms with Gasteiger partial charge in [0.2, 0.25) is 5.91 Å². The van der Waals surface area contributed by atoms with Crippen LogP contribution in [0.5, 0.6) is 0 Å². The highest BCUT2D eigenvalue weighted by molar-refractivity contribution is 5.87. The molecule has 0 saturated carbocycles. The highest BCUT2D eigenvalue weighted by Crippen LogP contribution is 2.11. The molecular weight excluding hydrogens is 208 g/mol. The van der Waals surface area contributed by atoms with E-state index in [0.717, 1.165) is 12.8 Å². The summed E-state index contributed by atoms with van der Waals surface area (Å²) in [4.78, 5) is 24.1. The van der Waals surface area contributed by atoms with E-state index >= 15 is 0 Å². The van der Waals surface area contributed by atoms with Crippen molar-refractivity contribution in [3.63, 3.8) is 0 Å². The molecule has 5 heteroatoms. The first-order valence-corrected chi connectivity index (χ1v) is 5.52. The van der Waals surface area contributed by atoms with Crippen molar-refractivity contribution in [1.29, 1.82) is 0 Å². The molecule has 0 aliphatic carbocycles. The molecule has 16 heavy (non-hydrogen) atoms. The Kier molecular flexibility index (Phi) is 4.82. The van der Waals surface area contributed by atoms with Crippen LogP contribution in [0.15, 0.2) is 12.7 Å². The molecule has 1 aliphatic heterocycles. The molecule has 1 rings (SSSR count). The van der Waals surface area contributed by atoms with Crippen molar-refractivity contribution in [2.24, 2.45) is 0 Å². The van der Waals surface area contributed by atoms with Crippen LogP contribution in [-0.4, -0.2) is 42.6 Å². The van der Waals surface area contributed by atoms with Crippen molar-refractivity contribution >= 4 is 12.0 Å². The predicted octanol–water partition coefficient (Wildman–Crippen LogP) is 0.909. The lowest BCUT2D eigenvalue weighted by atomic mass is 10.1. The Bertz CT molecular complexity index is 270. The number of nitrogens with zero attached hydrogens (tertiary/aromatic N) is 1. The third kappa shape index (κ3) is 3.56. The van der Waals surface area contributed by atoms with Crippen LogP contribution in [0.1, 0.15) is 19.8 Å². The van der Waals surface area contributed by atoms with Gasteiger partial charge in [0.25, 0.3) is 0 Å². The van der Waals surface area contributed by atoms with Crippen LogP contribution in [0, 0.1) is 0 Å². The van der Waals surface area contributed by atoms with Crippen LogP contribution >= 0.6 is 0 Å². The van der Waals surface area contributed by atoms with E-state index in [2.05, 4.69) is 11.9 Å². The lowest BCUT2D eigenvalue weighted by Crippen LogP contribution is -2.46. The van der Waals surface area contributed by atoms with Crippen LogP contribution in [0.3, 0.4) is 0 Å². The van der Waals surface area contributed by atoms with Gasteiger partial charge >= 0.3 is 6.09 Å². The topological polar surface area (TPSA) is 58.6 Å². The van der Waals surface area contributed by atoms with Crippen LogP contribution < -0.4 is 5.32 Å². The zero-order chi connectivity index (χ0) is 12.0. The van der Waals surface area contributed by atoms with E-state index < -0.39 is 0 Å². The van der Waals surface area contributed by atoms with E-state index in [4.69, 9.17) is 4.74 Å². The third-order valence-corrected chi connectivity index (χ3v) is 2.55. The number of carbonyl (C=O) groups excluding carboxylic acids is 2. The smallest absolute Gasteiger partial charge is 0.409 e. The molecule has 0 spiro atoms. The summed E-state index contributed by atoms with van der Waals surface area (Å²) in [5.41, 5.74) is 0. The van der Waals surface area contributed by atoms with Crippen molar-refractivity contribution in [2.45, 2.75) is 25.8 Å². The van der Waals surface area contributed by atoms with Crippen LogP contribution in [-0.2, 0) is 9.53 Å². The van der Waals surface area contributed by atoms with Gasteiger partial charge in [-0.05, 0) is 25.8 Å². The van der Waals surface area contributed by atoms with Crippen molar-refractivity contribution in [3.8, 4) is 0 Å². The number of nitrogens with one attached hydrogen (secondary N) is 1. The molecule has 5 nitrogen and oxygen atoms in total. The summed E-state index contributed by atoms with van der Waals surface area (Å²) in [6.45, 7) is 6.83. The van der Waals surface area contributed by atoms with Gasteiger partial charge in [0.15, 0.2) is 0 Å². The Morgan fingerprint density at radius 1 is 1.50 bits per heavy atom. The van der Waals surface area contributed by atoms with Gasteiger partial charge < -0.3 is 15.0 Å². The minimum atomic E-state index is -0.268. The molecule has 1 N–H and O–H groups in total. The summed E-state index contributed by atoms with van der Waals surface area (Å²) in [7, 11) is 0. The number of likely N-dealkylation sites (tertiary alicyclic amines) is 1. The summed E-state index contributed by atoms with van der Waals surface area (Å²) < 4.78 is 4.90. The highest BCUT2D eigenvalue weighted by Gasteiger charge is 2.23. The fraction of sp³-hybridized carbons (Fsp3) is 0.636. The summed E-state index contributed by atoms with van der Waals surface area (Å²) in [5, 5.41) is 2.82. The molecule has 0 bridgehead atoms. The predicted molar refractivity (Wildman–Crippen MR) is 60.0 cm³/mol. The first kappa shape index (κ1) is 12.5. The monoisotopic (exact) mass is 226 g/mol. The second kappa shape index (κ2) is 6.15. The van der Waals surface area contributed by atoms with Crippen molar-refractivity contribution in [1.82, 2.24) is 10.2 Å². The molecule has 2 amide bonds. The molecule has 1 fully saturated rings. The average Bonchev–Trinajstić information content (AvgIpc) is 2.30. The van der Waals surface area contributed by atoms with Gasteiger partial charge in [-0.3, -0.25) is 4.79 Å². The average molecular weight is 226 g/mol. The van der Waals surface area contributed by atoms with Gasteiger partial charge in [-0.25, -0.2) is 4.79 Å². The van der Waals surface area contributed by atoms with E-state index in [9.17, 15) is 9.59 Å². The Hall–Kier alpha value is -1.52. The Balaban J connectivity index is 2.30. The minimum absolute atomic E-state index is 0.135. The van der Waals surface area contributed by atoms with Crippen molar-refractivity contribution < 1.29 is 14.3 Å². The SMILES string of the molecule is C=CC(=O)NC1CCN(C(=O)OCC)CC1. The van der Waals surface area contributed by atoms with Crippen molar-refractivity contribution in [2.75, 3.05) is 19.7 Å². The summed E-state index contributed by atoms with van der Waals surface area (Å²) in [6, 6.07) is 0.135. The van der Waals surface area contributed by atoms with E-state index in [-0.39, 0.29) is 18.0 Å². The summed E-state index contributed by atoms with van der Waals surface area (Å²) >= 11 is 0. The first-order valence-electron chi connectivity index (χ1n) is 5.52. The zero-order valence-corrected chi connectivity index (χ0v) is 9.57. The van der Waals surface area contributed by atoms with Crippen molar-refractivity contribution in [3.05, 3.63) is 12.7 Å². The summed E-state index contributed by atoms with van der Waals surface area (Å²) in [6.07, 6.45) is 2.52. The van der Waals surface area contributed by atoms with Gasteiger partial charge in [-0.15, -0.1) is 0 Å². The van der Waals surface area contributed by atoms with Crippen LogP contribution in [0.25, 0.3) is 0 Å². The number of piperidine rings is 1. The van der Waals surface area contributed by atoms with E-state index in [1.807, 2.05) is 0 Å². The maximum Gasteiger partial charge on any atom is 0.409 e. The Morgan fingerprint density at radius 2 is 2.12 bits per heavy atom. The van der Waals surface area contributed by atoms with Crippen LogP contribution in [0.4, 0.5) is 4.79 Å². The number of hydrogen-bond acceptors (Lipinski definition) is 3. The molecular formula is C11H18N2O3. The van der Waals surface area contributed by atoms with E-state index in [0.29, 0.717) is 19.7 Å². The zero-order valence-electron chi connectivity index (χ0n) is 9.57. The van der Waals surface area contributed by atoms with Gasteiger partial charge in [-0.1, -0.05) is 6.58 Å². The van der Waals surface area contributed by atoms with Gasteiger partial charge in [0.05, 0.1) is 6.61 Å². The Labute approximate surface area is 95.4 Å². The number of rotatable bonds is 3. The molecule has 1 saturated heterocycles. The van der Waals surface area contributed by atoms with Gasteiger partial charge in [-0.2, -0.15) is 0 Å². The second-order valence-corrected chi connectivity index (χ2v) is 3.67. The number of amides is 2. The molecule has 0 unspecified atom stereocenters. The maximum atomic E-state index is 11.4. The van der Waals surface area contributed by atoms with E-state index in [1.54, 1.807) is 11.8 Å². The molecule has 1 aliphatic rings. The van der Waals surface area contributed by atoms with E-state index in [1.165, 1.54) is 6.08 Å². The maximum absolute atomic E-state index is 11.4. The van der Waals surface area contributed by atoms with Gasteiger partial charge in [0.1, 0.15) is 0 Å². The van der Waals surface area contributed by atoms with Gasteiger partial charge in [0, 0.05) is 19.1 Å². The quantitative estimate of drug-likeness (QED) is 0.728. The lowest BCUT2D eigenvalue weighted by molar-refractivity contribution is -0.117. The molecule has 0 aromatic heterocycles. The number of hydrogen-bond donors (Lipinski definition) is 1. The first-order chi connectivity index (χ1) is 7.67. The Morgan fingerprint density at radius 3 is 2.62 bits per heavy atom. The largest absolute Gasteiger partial charge is 0.450 e. The normalized spacial score (nSPS) is 16.7. The fourth-order valence-corrected chi connectivity index (χ4v) is 1.68. The molecule has 0 atom stereocenters. The lowest BCUT2D eigenvalue weighted by Gasteiger charge is -2.31. The molecule has 90 valence electrons. The molecule has 0 radical (unpaired) electrons. The number of carbonyl (C=O) groups is 2. The summed E-state index contributed by atoms with van der Waals surface area (Å²) in [5.74, 6) is -0.158. The molecule has 0 aromatic rings. The molecule has 1 heterocycles. The second-order valence-electron chi connectivity index (χ2n) is 3.67. The fourth-order valence-electron chi connectivity index (χ4n) is 1.68. The molecule has 0 aromatic carbocycles. The standard InChI is InChI=1S/C11H18N2O3/c1-3-10(14)12-9-5-7-13(8-6-9)11(15)16-4-2/h3,9H,1,4-8H2,2H3,(H,12,14).